The second-order valence-corrected chi connectivity index (χ2v) is 18.6. The minimum Gasteiger partial charge on any atom is -0.309 e. The number of hydrogen-bond acceptors (Lipinski definition) is 1. The van der Waals surface area contributed by atoms with Crippen molar-refractivity contribution in [1.29, 1.82) is 0 Å². The number of hydrogen-bond donors (Lipinski definition) is 0. The van der Waals surface area contributed by atoms with Crippen LogP contribution in [-0.4, -0.2) is 0 Å². The van der Waals surface area contributed by atoms with Crippen molar-refractivity contribution in [2.24, 2.45) is 0 Å². The number of para-hydroxylation sites is 2. The first kappa shape index (κ1) is 39.4. The first-order valence-corrected chi connectivity index (χ1v) is 24.1. The molecule has 0 heterocycles. The molecule has 0 N–H and O–H groups in total. The van der Waals surface area contributed by atoms with Gasteiger partial charge in [0.2, 0.25) is 0 Å². The number of fused-ring (bicyclic) bond motifs is 16. The van der Waals surface area contributed by atoms with Crippen LogP contribution in [0.15, 0.2) is 273 Å². The third-order valence-corrected chi connectivity index (χ3v) is 15.4. The minimum absolute atomic E-state index is 0.550. The maximum Gasteiger partial charge on any atom is 0.0725 e. The average molecular weight is 876 g/mol. The standard InChI is InChI=1S/C68H45N/c1-3-22-46(23-4-1)50-26-11-19-40-64(50)69(65-41-20-12-27-51(65)47-24-5-2-6-25-47)49-44-42-48(43-45-49)52-32-21-39-63-66(52)68(59-35-15-9-30-55(59)56-31-10-16-36-60(56)68)62-38-18-17-37-61(62)67(63)57-33-13-7-28-53(57)54-29-8-14-34-58(54)67/h1-45H. The van der Waals surface area contributed by atoms with E-state index in [4.69, 9.17) is 0 Å². The maximum absolute atomic E-state index is 2.46. The first-order chi connectivity index (χ1) is 34.3. The van der Waals surface area contributed by atoms with E-state index in [1.807, 2.05) is 0 Å². The van der Waals surface area contributed by atoms with Crippen molar-refractivity contribution in [2.75, 3.05) is 4.90 Å². The predicted molar refractivity (Wildman–Crippen MR) is 286 cm³/mol. The summed E-state index contributed by atoms with van der Waals surface area (Å²) in [5, 5.41) is 0. The molecule has 0 atom stereocenters. The van der Waals surface area contributed by atoms with Crippen LogP contribution < -0.4 is 4.90 Å². The highest BCUT2D eigenvalue weighted by Gasteiger charge is 2.59. The lowest BCUT2D eigenvalue weighted by Gasteiger charge is -2.49. The van der Waals surface area contributed by atoms with Gasteiger partial charge in [0, 0.05) is 16.8 Å². The smallest absolute Gasteiger partial charge is 0.0725 e. The fourth-order valence-corrected chi connectivity index (χ4v) is 12.8. The second kappa shape index (κ2) is 15.4. The molecule has 1 heteroatoms. The van der Waals surface area contributed by atoms with Gasteiger partial charge in [-0.25, -0.2) is 0 Å². The van der Waals surface area contributed by atoms with Crippen molar-refractivity contribution < 1.29 is 0 Å². The molecule has 3 aliphatic carbocycles. The van der Waals surface area contributed by atoms with E-state index < -0.39 is 10.8 Å². The molecule has 11 aromatic rings. The minimum atomic E-state index is -0.596. The Labute approximate surface area is 403 Å². The van der Waals surface area contributed by atoms with E-state index in [1.54, 1.807) is 0 Å². The van der Waals surface area contributed by atoms with E-state index in [2.05, 4.69) is 278 Å². The van der Waals surface area contributed by atoms with Gasteiger partial charge in [0.05, 0.1) is 22.2 Å². The summed E-state index contributed by atoms with van der Waals surface area (Å²) in [6.45, 7) is 0. The highest BCUT2D eigenvalue weighted by atomic mass is 15.1. The van der Waals surface area contributed by atoms with Crippen molar-refractivity contribution in [3.8, 4) is 55.6 Å². The number of benzene rings is 11. The van der Waals surface area contributed by atoms with Gasteiger partial charge < -0.3 is 4.90 Å². The average Bonchev–Trinajstić information content (AvgIpc) is 3.89. The summed E-state index contributed by atoms with van der Waals surface area (Å²) in [4.78, 5) is 2.46. The number of rotatable bonds is 6. The topological polar surface area (TPSA) is 3.24 Å². The van der Waals surface area contributed by atoms with Crippen LogP contribution in [0.25, 0.3) is 55.6 Å². The Balaban J connectivity index is 1.05. The first-order valence-electron chi connectivity index (χ1n) is 24.1. The molecule has 2 spiro atoms. The molecule has 14 rings (SSSR count). The summed E-state index contributed by atoms with van der Waals surface area (Å²) in [5.41, 5.74) is 25.2. The Morgan fingerprint density at radius 2 is 0.522 bits per heavy atom. The lowest BCUT2D eigenvalue weighted by Crippen LogP contribution is -2.44. The quantitative estimate of drug-likeness (QED) is 0.161. The van der Waals surface area contributed by atoms with Gasteiger partial charge in [0.25, 0.3) is 0 Å². The molecular formula is C68H45N. The summed E-state index contributed by atoms with van der Waals surface area (Å²) in [6.07, 6.45) is 0. The molecule has 11 aromatic carbocycles. The zero-order valence-electron chi connectivity index (χ0n) is 37.9. The molecule has 69 heavy (non-hydrogen) atoms. The van der Waals surface area contributed by atoms with Gasteiger partial charge in [0.15, 0.2) is 0 Å². The highest BCUT2D eigenvalue weighted by Crippen LogP contribution is 2.68. The van der Waals surface area contributed by atoms with Crippen LogP contribution in [0.5, 0.6) is 0 Å². The largest absolute Gasteiger partial charge is 0.309 e. The van der Waals surface area contributed by atoms with Crippen molar-refractivity contribution in [3.05, 3.63) is 317 Å². The lowest BCUT2D eigenvalue weighted by molar-refractivity contribution is 0.634. The molecular weight excluding hydrogens is 831 g/mol. The van der Waals surface area contributed by atoms with Crippen LogP contribution in [0.4, 0.5) is 17.1 Å². The van der Waals surface area contributed by atoms with Crippen molar-refractivity contribution in [1.82, 2.24) is 0 Å². The molecule has 3 aliphatic rings. The van der Waals surface area contributed by atoms with Gasteiger partial charge in [-0.3, -0.25) is 0 Å². The van der Waals surface area contributed by atoms with E-state index in [1.165, 1.54) is 100 Å². The maximum atomic E-state index is 2.46. The summed E-state index contributed by atoms with van der Waals surface area (Å²) in [6, 6.07) is 102. The van der Waals surface area contributed by atoms with Gasteiger partial charge in [-0.2, -0.15) is 0 Å². The molecule has 0 unspecified atom stereocenters. The molecule has 0 saturated carbocycles. The summed E-state index contributed by atoms with van der Waals surface area (Å²) >= 11 is 0. The van der Waals surface area contributed by atoms with E-state index in [-0.39, 0.29) is 0 Å². The van der Waals surface area contributed by atoms with E-state index in [0.29, 0.717) is 0 Å². The predicted octanol–water partition coefficient (Wildman–Crippen LogP) is 17.2. The van der Waals surface area contributed by atoms with Crippen molar-refractivity contribution >= 4 is 17.1 Å². The lowest BCUT2D eigenvalue weighted by atomic mass is 9.51. The van der Waals surface area contributed by atoms with Crippen LogP contribution in [0.2, 0.25) is 0 Å². The summed E-state index contributed by atoms with van der Waals surface area (Å²) in [5.74, 6) is 0. The van der Waals surface area contributed by atoms with E-state index >= 15 is 0 Å². The number of nitrogens with zero attached hydrogens (tertiary/aromatic N) is 1. The van der Waals surface area contributed by atoms with Crippen molar-refractivity contribution in [3.63, 3.8) is 0 Å². The molecule has 0 aromatic heterocycles. The molecule has 0 aliphatic heterocycles. The molecule has 0 bridgehead atoms. The van der Waals surface area contributed by atoms with Crippen LogP contribution in [-0.2, 0) is 10.8 Å². The molecule has 0 amide bonds. The van der Waals surface area contributed by atoms with Gasteiger partial charge in [-0.05, 0) is 113 Å². The molecule has 0 fully saturated rings. The van der Waals surface area contributed by atoms with E-state index in [9.17, 15) is 0 Å². The summed E-state index contributed by atoms with van der Waals surface area (Å²) < 4.78 is 0. The normalized spacial score (nSPS) is 13.7. The van der Waals surface area contributed by atoms with Gasteiger partial charge >= 0.3 is 0 Å². The Morgan fingerprint density at radius 3 is 0.986 bits per heavy atom. The third-order valence-electron chi connectivity index (χ3n) is 15.4. The van der Waals surface area contributed by atoms with Gasteiger partial charge in [-0.15, -0.1) is 0 Å². The molecule has 0 saturated heterocycles. The zero-order valence-corrected chi connectivity index (χ0v) is 37.9. The third kappa shape index (κ3) is 5.47. The highest BCUT2D eigenvalue weighted by molar-refractivity contribution is 5.98. The molecule has 0 radical (unpaired) electrons. The number of anilines is 3. The molecule has 322 valence electrons. The SMILES string of the molecule is c1ccc(-c2ccccc2N(c2ccc(-c3cccc4c3C3(c5ccccc5-c5ccccc53)c3ccccc3C43c4ccccc4-c4ccccc43)cc2)c2ccccc2-c2ccccc2)cc1. The Hall–Kier alpha value is -8.78. The summed E-state index contributed by atoms with van der Waals surface area (Å²) in [7, 11) is 0. The molecule has 1 nitrogen and oxygen atoms in total. The van der Waals surface area contributed by atoms with Gasteiger partial charge in [-0.1, -0.05) is 249 Å². The van der Waals surface area contributed by atoms with Crippen LogP contribution >= 0.6 is 0 Å². The zero-order chi connectivity index (χ0) is 45.5. The van der Waals surface area contributed by atoms with Crippen LogP contribution in [0.1, 0.15) is 44.5 Å². The fraction of sp³-hybridized carbons (Fsp3) is 0.0294. The van der Waals surface area contributed by atoms with Crippen LogP contribution in [0, 0.1) is 0 Å². The van der Waals surface area contributed by atoms with Gasteiger partial charge in [0.1, 0.15) is 0 Å². The fourth-order valence-electron chi connectivity index (χ4n) is 12.8. The Kier molecular flexibility index (Phi) is 8.78. The van der Waals surface area contributed by atoms with Crippen LogP contribution in [0.3, 0.4) is 0 Å². The monoisotopic (exact) mass is 875 g/mol. The Bertz CT molecular complexity index is 3610. The second-order valence-electron chi connectivity index (χ2n) is 18.6. The van der Waals surface area contributed by atoms with E-state index in [0.717, 1.165) is 17.1 Å². The van der Waals surface area contributed by atoms with Crippen molar-refractivity contribution in [2.45, 2.75) is 10.8 Å². The Morgan fingerprint density at radius 1 is 0.203 bits per heavy atom.